The molecule has 0 saturated carbocycles. The predicted octanol–water partition coefficient (Wildman–Crippen LogP) is 2.27. The van der Waals surface area contributed by atoms with Crippen LogP contribution in [0.3, 0.4) is 0 Å². The van der Waals surface area contributed by atoms with E-state index in [2.05, 4.69) is 41.5 Å². The number of aromatic amines is 1. The molecule has 2 aromatic rings. The summed E-state index contributed by atoms with van der Waals surface area (Å²) < 4.78 is 5.73. The molecule has 22 heavy (non-hydrogen) atoms. The Balaban J connectivity index is 2.29. The van der Waals surface area contributed by atoms with Gasteiger partial charge in [0.05, 0.1) is 13.0 Å². The number of halogens is 1. The van der Waals surface area contributed by atoms with Crippen LogP contribution >= 0.6 is 15.9 Å². The highest BCUT2D eigenvalue weighted by molar-refractivity contribution is 9.10. The molecule has 118 valence electrons. The number of carbonyl (C=O) groups is 1. The molecule has 0 spiro atoms. The quantitative estimate of drug-likeness (QED) is 0.595. The summed E-state index contributed by atoms with van der Waals surface area (Å²) in [6, 6.07) is 3.84. The zero-order valence-corrected chi connectivity index (χ0v) is 14.1. The molecule has 2 aromatic heterocycles. The van der Waals surface area contributed by atoms with Gasteiger partial charge in [0, 0.05) is 12.1 Å². The van der Waals surface area contributed by atoms with E-state index in [1.54, 1.807) is 6.20 Å². The van der Waals surface area contributed by atoms with Gasteiger partial charge in [-0.15, -0.1) is 5.10 Å². The molecule has 2 heterocycles. The van der Waals surface area contributed by atoms with Crippen molar-refractivity contribution in [1.29, 1.82) is 0 Å². The molecule has 0 unspecified atom stereocenters. The Bertz CT molecular complexity index is 588. The molecule has 0 amide bonds. The summed E-state index contributed by atoms with van der Waals surface area (Å²) in [6.45, 7) is 2.03. The lowest BCUT2D eigenvalue weighted by atomic mass is 9.83. The van der Waals surface area contributed by atoms with E-state index >= 15 is 0 Å². The lowest BCUT2D eigenvalue weighted by Gasteiger charge is -2.22. The highest BCUT2D eigenvalue weighted by atomic mass is 79.9. The monoisotopic (exact) mass is 367 g/mol. The van der Waals surface area contributed by atoms with Gasteiger partial charge >= 0.3 is 5.97 Å². The first-order chi connectivity index (χ1) is 10.7. The van der Waals surface area contributed by atoms with Crippen LogP contribution in [-0.4, -0.2) is 38.7 Å². The molecular formula is C14H18BrN5O2. The average molecular weight is 368 g/mol. The lowest BCUT2D eigenvalue weighted by Crippen LogP contribution is -2.26. The van der Waals surface area contributed by atoms with E-state index in [9.17, 15) is 4.79 Å². The smallest absolute Gasteiger partial charge is 0.309 e. The number of tetrazole rings is 1. The van der Waals surface area contributed by atoms with Crippen molar-refractivity contribution in [3.63, 3.8) is 0 Å². The lowest BCUT2D eigenvalue weighted by molar-refractivity contribution is -0.146. The summed E-state index contributed by atoms with van der Waals surface area (Å²) in [5.41, 5.74) is 1.01. The summed E-state index contributed by atoms with van der Waals surface area (Å²) >= 11 is 3.31. The molecule has 1 N–H and O–H groups in total. The second-order valence-electron chi connectivity index (χ2n) is 5.00. The van der Waals surface area contributed by atoms with E-state index < -0.39 is 0 Å². The van der Waals surface area contributed by atoms with Crippen LogP contribution in [0, 0.1) is 5.92 Å². The number of pyridine rings is 1. The Morgan fingerprint density at radius 1 is 1.45 bits per heavy atom. The van der Waals surface area contributed by atoms with Gasteiger partial charge in [-0.2, -0.15) is 0 Å². The standard InChI is InChI=1S/C14H18BrN5O2/c1-3-4-10(14(21)22-2)11(13-17-19-20-18-13)7-9-5-6-12(15)16-8-9/h5-6,8,10-11H,3-4,7H2,1-2H3,(H,17,18,19,20)/t10-,11-/m0/s1. The maximum atomic E-state index is 12.2. The normalized spacial score (nSPS) is 13.6. The van der Waals surface area contributed by atoms with Crippen LogP contribution in [0.5, 0.6) is 0 Å². The number of aromatic nitrogens is 5. The second kappa shape index (κ2) is 7.98. The van der Waals surface area contributed by atoms with E-state index in [-0.39, 0.29) is 17.8 Å². The molecule has 0 aliphatic heterocycles. The van der Waals surface area contributed by atoms with Crippen molar-refractivity contribution in [3.05, 3.63) is 34.3 Å². The third kappa shape index (κ3) is 4.09. The number of rotatable bonds is 7. The molecule has 0 radical (unpaired) electrons. The molecule has 0 bridgehead atoms. The van der Waals surface area contributed by atoms with Crippen LogP contribution in [-0.2, 0) is 16.0 Å². The Morgan fingerprint density at radius 2 is 2.27 bits per heavy atom. The van der Waals surface area contributed by atoms with Gasteiger partial charge in [-0.1, -0.05) is 19.4 Å². The van der Waals surface area contributed by atoms with Gasteiger partial charge in [0.15, 0.2) is 5.82 Å². The van der Waals surface area contributed by atoms with E-state index in [0.717, 1.165) is 16.6 Å². The van der Waals surface area contributed by atoms with Gasteiger partial charge in [-0.05, 0) is 50.8 Å². The average Bonchev–Trinajstić information content (AvgIpc) is 3.06. The molecule has 8 heteroatoms. The highest BCUT2D eigenvalue weighted by Gasteiger charge is 2.32. The van der Waals surface area contributed by atoms with E-state index in [1.807, 2.05) is 19.1 Å². The Hall–Kier alpha value is -1.83. The van der Waals surface area contributed by atoms with Gasteiger partial charge in [-0.25, -0.2) is 10.1 Å². The second-order valence-corrected chi connectivity index (χ2v) is 5.82. The summed E-state index contributed by atoms with van der Waals surface area (Å²) in [5, 5.41) is 14.0. The van der Waals surface area contributed by atoms with Crippen LogP contribution in [0.1, 0.15) is 37.1 Å². The third-order valence-corrected chi connectivity index (χ3v) is 4.02. The van der Waals surface area contributed by atoms with Crippen LogP contribution in [0.4, 0.5) is 0 Å². The molecule has 0 fully saturated rings. The maximum Gasteiger partial charge on any atom is 0.309 e. The van der Waals surface area contributed by atoms with Gasteiger partial charge in [0.25, 0.3) is 0 Å². The first kappa shape index (κ1) is 16.5. The molecule has 0 saturated heterocycles. The summed E-state index contributed by atoms with van der Waals surface area (Å²) in [4.78, 5) is 16.4. The van der Waals surface area contributed by atoms with Crippen LogP contribution in [0.15, 0.2) is 22.9 Å². The Labute approximate surface area is 137 Å². The van der Waals surface area contributed by atoms with E-state index in [1.165, 1.54) is 7.11 Å². The van der Waals surface area contributed by atoms with Gasteiger partial charge in [0.2, 0.25) is 0 Å². The number of hydrogen-bond acceptors (Lipinski definition) is 6. The number of nitrogens with zero attached hydrogens (tertiary/aromatic N) is 4. The van der Waals surface area contributed by atoms with Crippen LogP contribution in [0.2, 0.25) is 0 Å². The zero-order valence-electron chi connectivity index (χ0n) is 12.5. The first-order valence-corrected chi connectivity index (χ1v) is 7.86. The Morgan fingerprint density at radius 3 is 2.82 bits per heavy atom. The SMILES string of the molecule is CCC[C@H](C(=O)OC)[C@H](Cc1ccc(Br)nc1)c1nnn[nH]1. The number of carbonyl (C=O) groups excluding carboxylic acids is 1. The van der Waals surface area contributed by atoms with Crippen molar-refractivity contribution in [2.24, 2.45) is 5.92 Å². The summed E-state index contributed by atoms with van der Waals surface area (Å²) in [5.74, 6) is -0.126. The van der Waals surface area contributed by atoms with E-state index in [0.29, 0.717) is 18.7 Å². The minimum Gasteiger partial charge on any atom is -0.469 e. The summed E-state index contributed by atoms with van der Waals surface area (Å²) in [7, 11) is 1.40. The fourth-order valence-electron chi connectivity index (χ4n) is 2.48. The maximum absolute atomic E-state index is 12.2. The van der Waals surface area contributed by atoms with Crippen molar-refractivity contribution in [2.45, 2.75) is 32.1 Å². The van der Waals surface area contributed by atoms with Gasteiger partial charge < -0.3 is 4.74 Å². The molecule has 0 aromatic carbocycles. The molecule has 0 aliphatic rings. The van der Waals surface area contributed by atoms with Crippen molar-refractivity contribution in [1.82, 2.24) is 25.6 Å². The predicted molar refractivity (Wildman–Crippen MR) is 83.0 cm³/mol. The summed E-state index contributed by atoms with van der Waals surface area (Å²) in [6.07, 6.45) is 3.97. The van der Waals surface area contributed by atoms with Crippen LogP contribution < -0.4 is 0 Å². The fraction of sp³-hybridized carbons (Fsp3) is 0.500. The first-order valence-electron chi connectivity index (χ1n) is 7.07. The fourth-order valence-corrected chi connectivity index (χ4v) is 2.71. The molecular weight excluding hydrogens is 350 g/mol. The van der Waals surface area contributed by atoms with E-state index in [4.69, 9.17) is 4.74 Å². The number of methoxy groups -OCH3 is 1. The number of ether oxygens (including phenoxy) is 1. The molecule has 2 rings (SSSR count). The van der Waals surface area contributed by atoms with Crippen molar-refractivity contribution in [2.75, 3.05) is 7.11 Å². The minimum atomic E-state index is -0.298. The van der Waals surface area contributed by atoms with Gasteiger partial charge in [0.1, 0.15) is 4.60 Å². The minimum absolute atomic E-state index is 0.176. The molecule has 7 nitrogen and oxygen atoms in total. The van der Waals surface area contributed by atoms with Gasteiger partial charge in [-0.3, -0.25) is 4.79 Å². The van der Waals surface area contributed by atoms with Crippen LogP contribution in [0.25, 0.3) is 0 Å². The highest BCUT2D eigenvalue weighted by Crippen LogP contribution is 2.30. The topological polar surface area (TPSA) is 93.7 Å². The van der Waals surface area contributed by atoms with Crippen molar-refractivity contribution in [3.8, 4) is 0 Å². The largest absolute Gasteiger partial charge is 0.469 e. The molecule has 2 atom stereocenters. The van der Waals surface area contributed by atoms with Crippen molar-refractivity contribution < 1.29 is 9.53 Å². The van der Waals surface area contributed by atoms with Crippen molar-refractivity contribution >= 4 is 21.9 Å². The zero-order chi connectivity index (χ0) is 15.9. The number of esters is 1. The Kier molecular flexibility index (Phi) is 6.00. The third-order valence-electron chi connectivity index (χ3n) is 3.55. The number of nitrogens with one attached hydrogen (secondary N) is 1. The molecule has 0 aliphatic carbocycles. The number of hydrogen-bond donors (Lipinski definition) is 1. The number of H-pyrrole nitrogens is 1.